The molecule has 0 aliphatic heterocycles. The molecule has 4 atom stereocenters. The standard InChI is InChI=1S/C24H29F4NO5S/c1-29(35(2,32)33)20-9-10-22(34-24(26,27)28)21(12-20)18(14-31)11-16-3-4-17(13-30)23(16)15-5-7-19(25)8-6-15/h5-10,12,16-18,23,30-31H,3-4,11,13-14H2,1-2H3/t16?,17?,18?,23-/m0/s1. The quantitative estimate of drug-likeness (QED) is 0.480. The number of sulfonamides is 1. The van der Waals surface area contributed by atoms with E-state index in [9.17, 15) is 36.2 Å². The van der Waals surface area contributed by atoms with E-state index in [4.69, 9.17) is 0 Å². The first kappa shape index (κ1) is 27.2. The molecule has 0 heterocycles. The fourth-order valence-corrected chi connectivity index (χ4v) is 5.49. The van der Waals surface area contributed by atoms with Crippen molar-refractivity contribution in [3.63, 3.8) is 0 Å². The summed E-state index contributed by atoms with van der Waals surface area (Å²) in [5.41, 5.74) is 0.968. The predicted molar refractivity (Wildman–Crippen MR) is 123 cm³/mol. The lowest BCUT2D eigenvalue weighted by Gasteiger charge is -2.29. The first-order valence-corrected chi connectivity index (χ1v) is 13.0. The maximum absolute atomic E-state index is 13.5. The van der Waals surface area contributed by atoms with Crippen LogP contribution in [0.25, 0.3) is 0 Å². The van der Waals surface area contributed by atoms with E-state index < -0.39 is 40.5 Å². The van der Waals surface area contributed by atoms with Crippen LogP contribution in [0.2, 0.25) is 0 Å². The summed E-state index contributed by atoms with van der Waals surface area (Å²) in [6, 6.07) is 9.45. The highest BCUT2D eigenvalue weighted by Crippen LogP contribution is 2.49. The summed E-state index contributed by atoms with van der Waals surface area (Å²) in [6.07, 6.45) is -2.43. The smallest absolute Gasteiger partial charge is 0.405 e. The van der Waals surface area contributed by atoms with Crippen molar-refractivity contribution in [1.82, 2.24) is 0 Å². The van der Waals surface area contributed by atoms with E-state index in [1.54, 1.807) is 12.1 Å². The highest BCUT2D eigenvalue weighted by molar-refractivity contribution is 7.92. The van der Waals surface area contributed by atoms with Crippen molar-refractivity contribution in [1.29, 1.82) is 0 Å². The van der Waals surface area contributed by atoms with Gasteiger partial charge in [0, 0.05) is 25.1 Å². The van der Waals surface area contributed by atoms with Crippen molar-refractivity contribution >= 4 is 15.7 Å². The molecule has 35 heavy (non-hydrogen) atoms. The van der Waals surface area contributed by atoms with Crippen LogP contribution in [0.15, 0.2) is 42.5 Å². The number of nitrogens with zero attached hydrogens (tertiary/aromatic N) is 1. The molecule has 3 unspecified atom stereocenters. The van der Waals surface area contributed by atoms with Crippen LogP contribution in [-0.2, 0) is 10.0 Å². The van der Waals surface area contributed by atoms with E-state index in [0.29, 0.717) is 12.8 Å². The highest BCUT2D eigenvalue weighted by Gasteiger charge is 2.39. The number of hydrogen-bond donors (Lipinski definition) is 2. The monoisotopic (exact) mass is 519 g/mol. The van der Waals surface area contributed by atoms with Crippen LogP contribution in [-0.4, -0.2) is 51.5 Å². The molecular weight excluding hydrogens is 490 g/mol. The van der Waals surface area contributed by atoms with Crippen LogP contribution in [0.5, 0.6) is 5.75 Å². The summed E-state index contributed by atoms with van der Waals surface area (Å²) in [5, 5.41) is 20.1. The van der Waals surface area contributed by atoms with E-state index in [2.05, 4.69) is 4.74 Å². The Morgan fingerprint density at radius 1 is 1.09 bits per heavy atom. The molecule has 1 aliphatic rings. The maximum atomic E-state index is 13.5. The molecular formula is C24H29F4NO5S. The zero-order chi connectivity index (χ0) is 26.0. The Bertz CT molecular complexity index is 1110. The highest BCUT2D eigenvalue weighted by atomic mass is 32.2. The second kappa shape index (κ2) is 10.7. The van der Waals surface area contributed by atoms with Crippen molar-refractivity contribution in [2.45, 2.75) is 37.5 Å². The van der Waals surface area contributed by atoms with Gasteiger partial charge in [-0.25, -0.2) is 12.8 Å². The molecule has 2 N–H and O–H groups in total. The number of hydrogen-bond acceptors (Lipinski definition) is 5. The Morgan fingerprint density at radius 2 is 1.71 bits per heavy atom. The van der Waals surface area contributed by atoms with Crippen LogP contribution >= 0.6 is 0 Å². The zero-order valence-electron chi connectivity index (χ0n) is 19.4. The minimum atomic E-state index is -4.98. The summed E-state index contributed by atoms with van der Waals surface area (Å²) in [4.78, 5) is 0. The summed E-state index contributed by atoms with van der Waals surface area (Å²) in [6.45, 7) is -0.601. The largest absolute Gasteiger partial charge is 0.573 e. The SMILES string of the molecule is CN(c1ccc(OC(F)(F)F)c(C(CO)CC2CCC(CO)[C@H]2c2ccc(F)cc2)c1)S(C)(=O)=O. The number of benzene rings is 2. The zero-order valence-corrected chi connectivity index (χ0v) is 20.2. The fraction of sp³-hybridized carbons (Fsp3) is 0.500. The molecule has 194 valence electrons. The molecule has 6 nitrogen and oxygen atoms in total. The Labute approximate surface area is 202 Å². The molecule has 0 amide bonds. The number of ether oxygens (including phenoxy) is 1. The van der Waals surface area contributed by atoms with Crippen molar-refractivity contribution < 1.29 is 40.9 Å². The average molecular weight is 520 g/mol. The van der Waals surface area contributed by atoms with E-state index in [-0.39, 0.29) is 42.0 Å². The third kappa shape index (κ3) is 6.65. The van der Waals surface area contributed by atoms with Gasteiger partial charge in [0.15, 0.2) is 0 Å². The van der Waals surface area contributed by atoms with Crippen LogP contribution < -0.4 is 9.04 Å². The first-order valence-electron chi connectivity index (χ1n) is 11.1. The van der Waals surface area contributed by atoms with Gasteiger partial charge in [-0.2, -0.15) is 0 Å². The lowest BCUT2D eigenvalue weighted by Crippen LogP contribution is -2.26. The number of aliphatic hydroxyl groups is 2. The van der Waals surface area contributed by atoms with E-state index in [0.717, 1.165) is 22.2 Å². The molecule has 2 aromatic rings. The van der Waals surface area contributed by atoms with Crippen LogP contribution in [0.1, 0.15) is 42.2 Å². The third-order valence-corrected chi connectivity index (χ3v) is 7.95. The van der Waals surface area contributed by atoms with Crippen molar-refractivity contribution in [2.75, 3.05) is 30.8 Å². The molecule has 0 saturated heterocycles. The fourth-order valence-electron chi connectivity index (χ4n) is 5.00. The normalized spacial score (nSPS) is 21.7. The van der Waals surface area contributed by atoms with Crippen LogP contribution in [0.4, 0.5) is 23.2 Å². The lowest BCUT2D eigenvalue weighted by atomic mass is 9.78. The lowest BCUT2D eigenvalue weighted by molar-refractivity contribution is -0.275. The van der Waals surface area contributed by atoms with Gasteiger partial charge in [-0.1, -0.05) is 12.1 Å². The third-order valence-electron chi connectivity index (χ3n) is 6.74. The molecule has 2 aromatic carbocycles. The number of halogens is 4. The van der Waals surface area contributed by atoms with E-state index in [1.165, 1.54) is 31.3 Å². The van der Waals surface area contributed by atoms with Gasteiger partial charge in [0.25, 0.3) is 0 Å². The Balaban J connectivity index is 1.99. The van der Waals surface area contributed by atoms with Crippen LogP contribution in [0.3, 0.4) is 0 Å². The van der Waals surface area contributed by atoms with Gasteiger partial charge in [-0.05, 0) is 72.9 Å². The number of rotatable bonds is 9. The van der Waals surface area contributed by atoms with Crippen molar-refractivity contribution in [2.24, 2.45) is 11.8 Å². The Morgan fingerprint density at radius 3 is 2.26 bits per heavy atom. The summed E-state index contributed by atoms with van der Waals surface area (Å²) in [7, 11) is -2.41. The average Bonchev–Trinajstić information content (AvgIpc) is 3.19. The summed E-state index contributed by atoms with van der Waals surface area (Å²) < 4.78 is 81.9. The molecule has 0 radical (unpaired) electrons. The molecule has 0 aromatic heterocycles. The summed E-state index contributed by atoms with van der Waals surface area (Å²) >= 11 is 0. The van der Waals surface area contributed by atoms with Crippen LogP contribution in [0, 0.1) is 17.7 Å². The van der Waals surface area contributed by atoms with Crippen molar-refractivity contribution in [3.8, 4) is 5.75 Å². The minimum absolute atomic E-state index is 0.0307. The molecule has 11 heteroatoms. The summed E-state index contributed by atoms with van der Waals surface area (Å²) in [5.74, 6) is -2.13. The molecule has 0 bridgehead atoms. The van der Waals surface area contributed by atoms with Gasteiger partial charge < -0.3 is 14.9 Å². The van der Waals surface area contributed by atoms with Gasteiger partial charge in [0.2, 0.25) is 10.0 Å². The van der Waals surface area contributed by atoms with Gasteiger partial charge in [-0.3, -0.25) is 4.31 Å². The molecule has 0 spiro atoms. The van der Waals surface area contributed by atoms with Crippen molar-refractivity contribution in [3.05, 3.63) is 59.4 Å². The van der Waals surface area contributed by atoms with Gasteiger partial charge in [0.1, 0.15) is 11.6 Å². The minimum Gasteiger partial charge on any atom is -0.405 e. The molecule has 1 fully saturated rings. The number of alkyl halides is 3. The second-order valence-electron chi connectivity index (χ2n) is 8.97. The molecule has 3 rings (SSSR count). The van der Waals surface area contributed by atoms with E-state index >= 15 is 0 Å². The number of anilines is 1. The second-order valence-corrected chi connectivity index (χ2v) is 11.0. The molecule has 1 aliphatic carbocycles. The van der Waals surface area contributed by atoms with Gasteiger partial charge in [0.05, 0.1) is 18.6 Å². The Hall–Kier alpha value is -2.37. The van der Waals surface area contributed by atoms with Gasteiger partial charge in [-0.15, -0.1) is 13.2 Å². The first-order chi connectivity index (χ1) is 16.3. The topological polar surface area (TPSA) is 87.1 Å². The maximum Gasteiger partial charge on any atom is 0.573 e. The number of aliphatic hydroxyl groups excluding tert-OH is 2. The van der Waals surface area contributed by atoms with E-state index in [1.807, 2.05) is 0 Å². The van der Waals surface area contributed by atoms with Gasteiger partial charge >= 0.3 is 6.36 Å². The molecule has 1 saturated carbocycles. The predicted octanol–water partition coefficient (Wildman–Crippen LogP) is 4.39. The Kier molecular flexibility index (Phi) is 8.33.